The fourth-order valence-corrected chi connectivity index (χ4v) is 4.15. The molecule has 2 heterocycles. The summed E-state index contributed by atoms with van der Waals surface area (Å²) in [4.78, 5) is 20.4. The number of nitro groups is 1. The van der Waals surface area contributed by atoms with Gasteiger partial charge in [0.2, 0.25) is 16.0 Å². The number of piperazine rings is 1. The minimum absolute atomic E-state index is 0.0578. The van der Waals surface area contributed by atoms with Crippen LogP contribution in [-0.4, -0.2) is 53.8 Å². The van der Waals surface area contributed by atoms with E-state index in [0.29, 0.717) is 37.7 Å². The summed E-state index contributed by atoms with van der Waals surface area (Å²) in [5.74, 6) is 0.419. The van der Waals surface area contributed by atoms with E-state index < -0.39 is 14.9 Å². The first-order valence-corrected chi connectivity index (χ1v) is 9.30. The Balaban J connectivity index is 1.62. The number of benzene rings is 1. The van der Waals surface area contributed by atoms with Gasteiger partial charge in [-0.25, -0.2) is 18.4 Å². The first-order valence-electron chi connectivity index (χ1n) is 7.69. The highest BCUT2D eigenvalue weighted by atomic mass is 32.2. The molecular formula is C15H17N5O4S. The molecular weight excluding hydrogens is 346 g/mol. The number of nitro benzene ring substituents is 1. The van der Waals surface area contributed by atoms with Gasteiger partial charge in [-0.1, -0.05) is 12.1 Å². The van der Waals surface area contributed by atoms with E-state index in [1.165, 1.54) is 28.6 Å². The largest absolute Gasteiger partial charge is 0.338 e. The lowest BCUT2D eigenvalue weighted by atomic mass is 10.2. The van der Waals surface area contributed by atoms with Gasteiger partial charge in [0.05, 0.1) is 10.7 Å². The molecule has 0 radical (unpaired) electrons. The second-order valence-corrected chi connectivity index (χ2v) is 7.58. The summed E-state index contributed by atoms with van der Waals surface area (Å²) in [7, 11) is -3.48. The second kappa shape index (κ2) is 7.11. The van der Waals surface area contributed by atoms with Crippen LogP contribution in [0.4, 0.5) is 11.6 Å². The Kier molecular flexibility index (Phi) is 4.91. The van der Waals surface area contributed by atoms with E-state index in [4.69, 9.17) is 0 Å². The molecule has 0 saturated carbocycles. The maximum absolute atomic E-state index is 12.6. The number of non-ortho nitro benzene ring substituents is 1. The predicted molar refractivity (Wildman–Crippen MR) is 91.5 cm³/mol. The molecule has 0 N–H and O–H groups in total. The number of rotatable bonds is 5. The van der Waals surface area contributed by atoms with Gasteiger partial charge in [-0.2, -0.15) is 4.31 Å². The van der Waals surface area contributed by atoms with Crippen molar-refractivity contribution in [3.8, 4) is 0 Å². The Morgan fingerprint density at radius 2 is 1.64 bits per heavy atom. The zero-order valence-electron chi connectivity index (χ0n) is 13.4. The molecule has 0 atom stereocenters. The number of hydrogen-bond acceptors (Lipinski definition) is 7. The number of nitrogens with zero attached hydrogens (tertiary/aromatic N) is 5. The zero-order chi connectivity index (χ0) is 17.9. The zero-order valence-corrected chi connectivity index (χ0v) is 14.2. The lowest BCUT2D eigenvalue weighted by molar-refractivity contribution is -0.384. The molecule has 0 aliphatic carbocycles. The Morgan fingerprint density at radius 1 is 1.04 bits per heavy atom. The minimum Gasteiger partial charge on any atom is -0.338 e. The minimum atomic E-state index is -3.48. The SMILES string of the molecule is O=[N+]([O-])c1ccc(CS(=O)(=O)N2CCN(c3ncccn3)CC2)cc1. The molecule has 25 heavy (non-hydrogen) atoms. The number of anilines is 1. The number of aromatic nitrogens is 2. The summed E-state index contributed by atoms with van der Waals surface area (Å²) in [6, 6.07) is 7.31. The molecule has 9 nitrogen and oxygen atoms in total. The monoisotopic (exact) mass is 363 g/mol. The molecule has 132 valence electrons. The van der Waals surface area contributed by atoms with Crippen molar-refractivity contribution in [2.24, 2.45) is 0 Å². The lowest BCUT2D eigenvalue weighted by Crippen LogP contribution is -2.49. The van der Waals surface area contributed by atoms with E-state index in [9.17, 15) is 18.5 Å². The van der Waals surface area contributed by atoms with Crippen molar-refractivity contribution in [1.29, 1.82) is 0 Å². The van der Waals surface area contributed by atoms with Gasteiger partial charge < -0.3 is 4.90 Å². The topological polar surface area (TPSA) is 110 Å². The van der Waals surface area contributed by atoms with Gasteiger partial charge in [-0.15, -0.1) is 0 Å². The van der Waals surface area contributed by atoms with Crippen LogP contribution < -0.4 is 4.90 Å². The molecule has 0 amide bonds. The molecule has 1 fully saturated rings. The maximum atomic E-state index is 12.6. The molecule has 1 aromatic carbocycles. The summed E-state index contributed by atoms with van der Waals surface area (Å²) < 4.78 is 26.6. The highest BCUT2D eigenvalue weighted by Crippen LogP contribution is 2.18. The Morgan fingerprint density at radius 3 is 2.20 bits per heavy atom. The smallest absolute Gasteiger partial charge is 0.269 e. The van der Waals surface area contributed by atoms with Crippen molar-refractivity contribution in [2.45, 2.75) is 5.75 Å². The van der Waals surface area contributed by atoms with Crippen LogP contribution in [0.5, 0.6) is 0 Å². The molecule has 1 saturated heterocycles. The molecule has 1 aromatic heterocycles. The predicted octanol–water partition coefficient (Wildman–Crippen LogP) is 1.04. The summed E-state index contributed by atoms with van der Waals surface area (Å²) in [6.07, 6.45) is 3.31. The van der Waals surface area contributed by atoms with Crippen molar-refractivity contribution < 1.29 is 13.3 Å². The van der Waals surface area contributed by atoms with E-state index in [2.05, 4.69) is 9.97 Å². The Bertz CT molecular complexity index is 834. The third-order valence-corrected chi connectivity index (χ3v) is 5.81. The molecule has 1 aliphatic heterocycles. The summed E-state index contributed by atoms with van der Waals surface area (Å²) in [5, 5.41) is 10.7. The Labute approximate surface area is 145 Å². The molecule has 2 aromatic rings. The molecule has 10 heteroatoms. The van der Waals surface area contributed by atoms with Crippen molar-refractivity contribution >= 4 is 21.7 Å². The highest BCUT2D eigenvalue weighted by molar-refractivity contribution is 7.88. The average Bonchev–Trinajstić information content (AvgIpc) is 2.63. The third-order valence-electron chi connectivity index (χ3n) is 3.96. The van der Waals surface area contributed by atoms with Gasteiger partial charge in [0.25, 0.3) is 5.69 Å². The van der Waals surface area contributed by atoms with Crippen molar-refractivity contribution in [3.63, 3.8) is 0 Å². The fraction of sp³-hybridized carbons (Fsp3) is 0.333. The maximum Gasteiger partial charge on any atom is 0.269 e. The molecule has 0 unspecified atom stereocenters. The molecule has 1 aliphatic rings. The van der Waals surface area contributed by atoms with E-state index >= 15 is 0 Å². The van der Waals surface area contributed by atoms with Crippen LogP contribution in [0.1, 0.15) is 5.56 Å². The van der Waals surface area contributed by atoms with Crippen LogP contribution in [0, 0.1) is 10.1 Å². The molecule has 0 spiro atoms. The summed E-state index contributed by atoms with van der Waals surface area (Å²) in [6.45, 7) is 1.74. The normalized spacial score (nSPS) is 15.9. The quantitative estimate of drug-likeness (QED) is 0.576. The second-order valence-electron chi connectivity index (χ2n) is 5.61. The summed E-state index contributed by atoms with van der Waals surface area (Å²) >= 11 is 0. The van der Waals surface area contributed by atoms with Crippen molar-refractivity contribution in [3.05, 3.63) is 58.4 Å². The van der Waals surface area contributed by atoms with Crippen LogP contribution in [-0.2, 0) is 15.8 Å². The van der Waals surface area contributed by atoms with E-state index in [0.717, 1.165) is 0 Å². The molecule has 3 rings (SSSR count). The van der Waals surface area contributed by atoms with Crippen LogP contribution >= 0.6 is 0 Å². The van der Waals surface area contributed by atoms with Gasteiger partial charge in [-0.05, 0) is 11.6 Å². The van der Waals surface area contributed by atoms with E-state index in [1.54, 1.807) is 18.5 Å². The van der Waals surface area contributed by atoms with E-state index in [-0.39, 0.29) is 11.4 Å². The number of sulfonamides is 1. The van der Waals surface area contributed by atoms with Gasteiger partial charge in [0, 0.05) is 50.7 Å². The van der Waals surface area contributed by atoms with Gasteiger partial charge in [0.1, 0.15) is 0 Å². The lowest BCUT2D eigenvalue weighted by Gasteiger charge is -2.33. The number of hydrogen-bond donors (Lipinski definition) is 0. The van der Waals surface area contributed by atoms with Crippen molar-refractivity contribution in [1.82, 2.24) is 14.3 Å². The summed E-state index contributed by atoms with van der Waals surface area (Å²) in [5.41, 5.74) is 0.469. The van der Waals surface area contributed by atoms with Crippen LogP contribution in [0.25, 0.3) is 0 Å². The first kappa shape index (κ1) is 17.2. The average molecular weight is 363 g/mol. The van der Waals surface area contributed by atoms with Crippen LogP contribution in [0.2, 0.25) is 0 Å². The fourth-order valence-electron chi connectivity index (χ4n) is 2.64. The van der Waals surface area contributed by atoms with Crippen LogP contribution in [0.3, 0.4) is 0 Å². The van der Waals surface area contributed by atoms with E-state index in [1.807, 2.05) is 4.90 Å². The standard InChI is InChI=1S/C15H17N5O4S/c21-20(22)14-4-2-13(3-5-14)12-25(23,24)19-10-8-18(9-11-19)15-16-6-1-7-17-15/h1-7H,8-12H2. The van der Waals surface area contributed by atoms with Crippen molar-refractivity contribution in [2.75, 3.05) is 31.1 Å². The highest BCUT2D eigenvalue weighted by Gasteiger charge is 2.28. The van der Waals surface area contributed by atoms with Crippen LogP contribution in [0.15, 0.2) is 42.7 Å². The van der Waals surface area contributed by atoms with Gasteiger partial charge >= 0.3 is 0 Å². The molecule has 0 bridgehead atoms. The third kappa shape index (κ3) is 4.09. The first-order chi connectivity index (χ1) is 12.0. The van der Waals surface area contributed by atoms with Gasteiger partial charge in [0.15, 0.2) is 0 Å². The Hall–Kier alpha value is -2.59. The van der Waals surface area contributed by atoms with Gasteiger partial charge in [-0.3, -0.25) is 10.1 Å².